The van der Waals surface area contributed by atoms with Crippen LogP contribution in [0.3, 0.4) is 0 Å². The maximum absolute atomic E-state index is 12.9. The topological polar surface area (TPSA) is 17.1 Å². The van der Waals surface area contributed by atoms with Crippen LogP contribution in [0.1, 0.15) is 29.6 Å². The minimum absolute atomic E-state index is 0.0825. The summed E-state index contributed by atoms with van der Waals surface area (Å²) in [6.45, 7) is 0. The predicted octanol–water partition coefficient (Wildman–Crippen LogP) is 4.50. The molecule has 1 nitrogen and oxygen atoms in total. The third kappa shape index (κ3) is 5.30. The highest BCUT2D eigenvalue weighted by atomic mass is 79.9. The van der Waals surface area contributed by atoms with Gasteiger partial charge in [-0.05, 0) is 24.6 Å². The number of benzene rings is 1. The molecule has 0 aromatic heterocycles. The molecule has 0 N–H and O–H groups in total. The van der Waals surface area contributed by atoms with Gasteiger partial charge in [-0.15, -0.1) is 0 Å². The third-order valence-electron chi connectivity index (χ3n) is 2.05. The first-order valence-electron chi connectivity index (χ1n) is 4.84. The van der Waals surface area contributed by atoms with E-state index in [2.05, 4.69) is 15.9 Å². The van der Waals surface area contributed by atoms with E-state index in [-0.39, 0.29) is 18.4 Å². The van der Waals surface area contributed by atoms with Crippen molar-refractivity contribution in [1.82, 2.24) is 0 Å². The number of hydrogen-bond acceptors (Lipinski definition) is 1. The number of halogens is 5. The summed E-state index contributed by atoms with van der Waals surface area (Å²) < 4.78 is 48.9. The van der Waals surface area contributed by atoms with Gasteiger partial charge in [-0.2, -0.15) is 13.2 Å². The second-order valence-corrected chi connectivity index (χ2v) is 4.47. The van der Waals surface area contributed by atoms with Gasteiger partial charge in [0.1, 0.15) is 5.82 Å². The first kappa shape index (κ1) is 14.2. The highest BCUT2D eigenvalue weighted by molar-refractivity contribution is 9.10. The van der Waals surface area contributed by atoms with Crippen LogP contribution in [0.2, 0.25) is 0 Å². The van der Waals surface area contributed by atoms with Crippen molar-refractivity contribution in [3.05, 3.63) is 34.1 Å². The Morgan fingerprint density at radius 2 is 1.88 bits per heavy atom. The zero-order chi connectivity index (χ0) is 13.1. The van der Waals surface area contributed by atoms with E-state index in [1.54, 1.807) is 0 Å². The molecule has 0 atom stereocenters. The number of hydrogen-bond donors (Lipinski definition) is 0. The van der Waals surface area contributed by atoms with E-state index >= 15 is 0 Å². The lowest BCUT2D eigenvalue weighted by Crippen LogP contribution is -2.08. The van der Waals surface area contributed by atoms with Gasteiger partial charge in [-0.1, -0.05) is 15.9 Å². The molecular weight excluding hydrogens is 304 g/mol. The quantitative estimate of drug-likeness (QED) is 0.591. The van der Waals surface area contributed by atoms with Crippen molar-refractivity contribution in [2.45, 2.75) is 25.4 Å². The number of rotatable bonds is 4. The molecule has 1 aromatic carbocycles. The van der Waals surface area contributed by atoms with Crippen LogP contribution in [0.25, 0.3) is 0 Å². The van der Waals surface area contributed by atoms with Crippen LogP contribution in [0, 0.1) is 5.82 Å². The SMILES string of the molecule is O=C(CCCC(F)(F)F)c1cc(F)cc(Br)c1. The van der Waals surface area contributed by atoms with Gasteiger partial charge in [0.15, 0.2) is 5.78 Å². The maximum Gasteiger partial charge on any atom is 0.389 e. The Morgan fingerprint density at radius 3 is 2.41 bits per heavy atom. The second kappa shape index (κ2) is 5.62. The third-order valence-corrected chi connectivity index (χ3v) is 2.51. The Morgan fingerprint density at radius 1 is 1.24 bits per heavy atom. The van der Waals surface area contributed by atoms with E-state index in [0.717, 1.165) is 6.07 Å². The first-order valence-corrected chi connectivity index (χ1v) is 5.63. The molecule has 0 saturated heterocycles. The van der Waals surface area contributed by atoms with E-state index in [0.29, 0.717) is 4.47 Å². The molecule has 0 aliphatic heterocycles. The zero-order valence-electron chi connectivity index (χ0n) is 8.65. The van der Waals surface area contributed by atoms with Gasteiger partial charge in [-0.3, -0.25) is 4.79 Å². The molecule has 0 fully saturated rings. The zero-order valence-corrected chi connectivity index (χ0v) is 10.2. The molecule has 1 rings (SSSR count). The fourth-order valence-corrected chi connectivity index (χ4v) is 1.77. The number of Topliss-reactive ketones (excluding diaryl/α,β-unsaturated/α-hetero) is 1. The molecule has 0 aliphatic rings. The molecule has 0 heterocycles. The van der Waals surface area contributed by atoms with Crippen LogP contribution in [0.4, 0.5) is 17.6 Å². The van der Waals surface area contributed by atoms with Crippen molar-refractivity contribution in [3.8, 4) is 0 Å². The van der Waals surface area contributed by atoms with Crippen LogP contribution in [0.15, 0.2) is 22.7 Å². The summed E-state index contributed by atoms with van der Waals surface area (Å²) in [5.41, 5.74) is 0.0825. The van der Waals surface area contributed by atoms with E-state index in [9.17, 15) is 22.4 Å². The van der Waals surface area contributed by atoms with Gasteiger partial charge in [0, 0.05) is 22.9 Å². The standard InChI is InChI=1S/C11H9BrF4O/c12-8-4-7(5-9(13)6-8)10(17)2-1-3-11(14,15)16/h4-6H,1-3H2. The molecule has 0 bridgehead atoms. The lowest BCUT2D eigenvalue weighted by molar-refractivity contribution is -0.135. The number of carbonyl (C=O) groups is 1. The van der Waals surface area contributed by atoms with E-state index in [1.807, 2.05) is 0 Å². The summed E-state index contributed by atoms with van der Waals surface area (Å²) in [7, 11) is 0. The molecule has 0 unspecified atom stereocenters. The average molecular weight is 313 g/mol. The molecule has 1 aromatic rings. The summed E-state index contributed by atoms with van der Waals surface area (Å²) in [5, 5.41) is 0. The number of carbonyl (C=O) groups excluding carboxylic acids is 1. The Labute approximate surface area is 104 Å². The Balaban J connectivity index is 2.58. The predicted molar refractivity (Wildman–Crippen MR) is 58.3 cm³/mol. The van der Waals surface area contributed by atoms with Crippen LogP contribution in [-0.2, 0) is 0 Å². The largest absolute Gasteiger partial charge is 0.389 e. The van der Waals surface area contributed by atoms with Gasteiger partial charge in [0.2, 0.25) is 0 Å². The molecule has 0 saturated carbocycles. The monoisotopic (exact) mass is 312 g/mol. The lowest BCUT2D eigenvalue weighted by atomic mass is 10.1. The van der Waals surface area contributed by atoms with Gasteiger partial charge in [0.25, 0.3) is 0 Å². The molecule has 0 radical (unpaired) electrons. The van der Waals surface area contributed by atoms with Crippen molar-refractivity contribution in [2.24, 2.45) is 0 Å². The Kier molecular flexibility index (Phi) is 4.68. The van der Waals surface area contributed by atoms with Gasteiger partial charge in [0.05, 0.1) is 0 Å². The van der Waals surface area contributed by atoms with E-state index in [4.69, 9.17) is 0 Å². The van der Waals surface area contributed by atoms with Crippen molar-refractivity contribution in [2.75, 3.05) is 0 Å². The van der Waals surface area contributed by atoms with Crippen LogP contribution in [0.5, 0.6) is 0 Å². The molecule has 17 heavy (non-hydrogen) atoms. The number of ketones is 1. The highest BCUT2D eigenvalue weighted by Crippen LogP contribution is 2.23. The minimum Gasteiger partial charge on any atom is -0.294 e. The Bertz CT molecular complexity index is 394. The molecule has 6 heteroatoms. The smallest absolute Gasteiger partial charge is 0.294 e. The number of alkyl halides is 3. The summed E-state index contributed by atoms with van der Waals surface area (Å²) in [6, 6.07) is 3.58. The molecule has 0 aliphatic carbocycles. The van der Waals surface area contributed by atoms with Crippen LogP contribution in [-0.4, -0.2) is 12.0 Å². The van der Waals surface area contributed by atoms with Gasteiger partial charge in [-0.25, -0.2) is 4.39 Å². The normalized spacial score (nSPS) is 11.6. The van der Waals surface area contributed by atoms with Crippen molar-refractivity contribution in [3.63, 3.8) is 0 Å². The average Bonchev–Trinajstić information content (AvgIpc) is 2.13. The molecule has 0 spiro atoms. The summed E-state index contributed by atoms with van der Waals surface area (Å²) >= 11 is 3.01. The fraction of sp³-hybridized carbons (Fsp3) is 0.364. The maximum atomic E-state index is 12.9. The van der Waals surface area contributed by atoms with Crippen molar-refractivity contribution in [1.29, 1.82) is 0 Å². The van der Waals surface area contributed by atoms with Crippen molar-refractivity contribution >= 4 is 21.7 Å². The van der Waals surface area contributed by atoms with E-state index < -0.39 is 24.2 Å². The molecular formula is C11H9BrF4O. The highest BCUT2D eigenvalue weighted by Gasteiger charge is 2.26. The molecule has 0 amide bonds. The summed E-state index contributed by atoms with van der Waals surface area (Å²) in [4.78, 5) is 11.5. The van der Waals surface area contributed by atoms with Crippen molar-refractivity contribution < 1.29 is 22.4 Å². The van der Waals surface area contributed by atoms with Crippen LogP contribution < -0.4 is 0 Å². The van der Waals surface area contributed by atoms with Gasteiger partial charge < -0.3 is 0 Å². The summed E-state index contributed by atoms with van der Waals surface area (Å²) in [5.74, 6) is -1.09. The Hall–Kier alpha value is -0.910. The van der Waals surface area contributed by atoms with Crippen LogP contribution >= 0.6 is 15.9 Å². The minimum atomic E-state index is -4.26. The molecule has 94 valence electrons. The van der Waals surface area contributed by atoms with E-state index in [1.165, 1.54) is 12.1 Å². The van der Waals surface area contributed by atoms with Gasteiger partial charge >= 0.3 is 6.18 Å². The lowest BCUT2D eigenvalue weighted by Gasteiger charge is -2.05. The second-order valence-electron chi connectivity index (χ2n) is 3.55. The fourth-order valence-electron chi connectivity index (χ4n) is 1.31. The summed E-state index contributed by atoms with van der Waals surface area (Å²) in [6.07, 6.45) is -5.79. The first-order chi connectivity index (χ1) is 7.78.